The van der Waals surface area contributed by atoms with Crippen molar-refractivity contribution < 1.29 is 4.79 Å². The number of aromatic nitrogens is 5. The van der Waals surface area contributed by atoms with E-state index in [4.69, 9.17) is 0 Å². The molecule has 1 aliphatic heterocycles. The molecule has 0 aliphatic carbocycles. The standard InChI is InChI=1S/C21H26N6O/c1-25-14-17(13-24-25)7-8-20(28)26-11-4-5-18(15-26)21-23-10-12-27(21)16-19-6-2-3-9-22-19/h2-3,6,9-10,12-14,18H,4-5,7-8,11,15-16H2,1H3/t18-/m1/s1. The van der Waals surface area contributed by atoms with Gasteiger partial charge in [0.15, 0.2) is 0 Å². The number of nitrogens with zero attached hydrogens (tertiary/aromatic N) is 6. The van der Waals surface area contributed by atoms with E-state index >= 15 is 0 Å². The van der Waals surface area contributed by atoms with E-state index in [9.17, 15) is 4.79 Å². The Bertz CT molecular complexity index is 916. The van der Waals surface area contributed by atoms with Crippen LogP contribution in [0.3, 0.4) is 0 Å². The first-order chi connectivity index (χ1) is 13.7. The van der Waals surface area contributed by atoms with Crippen LogP contribution in [0.2, 0.25) is 0 Å². The van der Waals surface area contributed by atoms with Crippen LogP contribution in [0.1, 0.15) is 42.3 Å². The van der Waals surface area contributed by atoms with Gasteiger partial charge >= 0.3 is 0 Å². The van der Waals surface area contributed by atoms with Crippen LogP contribution in [0, 0.1) is 0 Å². The number of imidazole rings is 1. The Balaban J connectivity index is 1.38. The first kappa shape index (κ1) is 18.4. The summed E-state index contributed by atoms with van der Waals surface area (Å²) in [6.07, 6.45) is 12.8. The molecule has 1 amide bonds. The number of carbonyl (C=O) groups is 1. The molecule has 3 aromatic rings. The number of hydrogen-bond donors (Lipinski definition) is 0. The molecule has 3 aromatic heterocycles. The van der Waals surface area contributed by atoms with Gasteiger partial charge in [0.2, 0.25) is 5.91 Å². The highest BCUT2D eigenvalue weighted by Crippen LogP contribution is 2.26. The molecule has 0 N–H and O–H groups in total. The van der Waals surface area contributed by atoms with E-state index < -0.39 is 0 Å². The molecular weight excluding hydrogens is 352 g/mol. The number of aryl methyl sites for hydroxylation is 2. The number of hydrogen-bond acceptors (Lipinski definition) is 4. The zero-order valence-electron chi connectivity index (χ0n) is 16.2. The van der Waals surface area contributed by atoms with Gasteiger partial charge in [0.1, 0.15) is 5.82 Å². The van der Waals surface area contributed by atoms with Gasteiger partial charge in [-0.15, -0.1) is 0 Å². The van der Waals surface area contributed by atoms with Gasteiger partial charge in [-0.3, -0.25) is 14.5 Å². The van der Waals surface area contributed by atoms with Gasteiger partial charge in [-0.25, -0.2) is 4.98 Å². The highest BCUT2D eigenvalue weighted by Gasteiger charge is 2.27. The minimum atomic E-state index is 0.219. The lowest BCUT2D eigenvalue weighted by Crippen LogP contribution is -2.39. The fraction of sp³-hybridized carbons (Fsp3) is 0.429. The Kier molecular flexibility index (Phi) is 5.50. The lowest BCUT2D eigenvalue weighted by molar-refractivity contribution is -0.132. The highest BCUT2D eigenvalue weighted by atomic mass is 16.2. The maximum absolute atomic E-state index is 12.7. The largest absolute Gasteiger partial charge is 0.342 e. The van der Waals surface area contributed by atoms with Crippen molar-refractivity contribution in [1.29, 1.82) is 0 Å². The van der Waals surface area contributed by atoms with E-state index in [0.29, 0.717) is 13.0 Å². The summed E-state index contributed by atoms with van der Waals surface area (Å²) >= 11 is 0. The average Bonchev–Trinajstić information content (AvgIpc) is 3.36. The van der Waals surface area contributed by atoms with Gasteiger partial charge in [-0.2, -0.15) is 5.10 Å². The maximum atomic E-state index is 12.7. The Morgan fingerprint density at radius 1 is 1.25 bits per heavy atom. The normalized spacial score (nSPS) is 17.0. The van der Waals surface area contributed by atoms with E-state index in [-0.39, 0.29) is 11.8 Å². The summed E-state index contributed by atoms with van der Waals surface area (Å²) in [7, 11) is 1.90. The summed E-state index contributed by atoms with van der Waals surface area (Å²) in [5, 5.41) is 4.17. The minimum Gasteiger partial charge on any atom is -0.342 e. The van der Waals surface area contributed by atoms with E-state index in [1.54, 1.807) is 4.68 Å². The van der Waals surface area contributed by atoms with Gasteiger partial charge in [0, 0.05) is 57.3 Å². The minimum absolute atomic E-state index is 0.219. The van der Waals surface area contributed by atoms with Crippen molar-refractivity contribution in [3.63, 3.8) is 0 Å². The molecular formula is C21H26N6O. The fourth-order valence-corrected chi connectivity index (χ4v) is 3.91. The van der Waals surface area contributed by atoms with Crippen molar-refractivity contribution in [3.8, 4) is 0 Å². The monoisotopic (exact) mass is 378 g/mol. The van der Waals surface area contributed by atoms with E-state index in [2.05, 4.69) is 19.6 Å². The number of carbonyl (C=O) groups excluding carboxylic acids is 1. The Morgan fingerprint density at radius 3 is 2.96 bits per heavy atom. The van der Waals surface area contributed by atoms with Crippen LogP contribution in [0.4, 0.5) is 0 Å². The molecule has 7 heteroatoms. The number of piperidine rings is 1. The van der Waals surface area contributed by atoms with E-state index in [0.717, 1.165) is 49.4 Å². The van der Waals surface area contributed by atoms with Crippen LogP contribution in [-0.2, 0) is 24.8 Å². The molecule has 4 heterocycles. The molecule has 28 heavy (non-hydrogen) atoms. The first-order valence-corrected chi connectivity index (χ1v) is 9.85. The van der Waals surface area contributed by atoms with Gasteiger partial charge in [-0.1, -0.05) is 6.07 Å². The predicted octanol–water partition coefficient (Wildman–Crippen LogP) is 2.40. The second-order valence-corrected chi connectivity index (χ2v) is 7.44. The second-order valence-electron chi connectivity index (χ2n) is 7.44. The first-order valence-electron chi connectivity index (χ1n) is 9.85. The van der Waals surface area contributed by atoms with Crippen molar-refractivity contribution >= 4 is 5.91 Å². The molecule has 4 rings (SSSR count). The Labute approximate surface area is 165 Å². The molecule has 1 atom stereocenters. The van der Waals surface area contributed by atoms with Crippen LogP contribution in [-0.4, -0.2) is 48.2 Å². The average molecular weight is 378 g/mol. The number of pyridine rings is 1. The zero-order valence-corrected chi connectivity index (χ0v) is 16.2. The van der Waals surface area contributed by atoms with Gasteiger partial charge in [-0.05, 0) is 37.0 Å². The maximum Gasteiger partial charge on any atom is 0.222 e. The molecule has 146 valence electrons. The molecule has 0 saturated carbocycles. The zero-order chi connectivity index (χ0) is 19.3. The van der Waals surface area contributed by atoms with Crippen LogP contribution in [0.5, 0.6) is 0 Å². The molecule has 0 unspecified atom stereocenters. The molecule has 0 radical (unpaired) electrons. The van der Waals surface area contributed by atoms with E-state index in [1.165, 1.54) is 0 Å². The fourth-order valence-electron chi connectivity index (χ4n) is 3.91. The number of likely N-dealkylation sites (tertiary alicyclic amines) is 1. The lowest BCUT2D eigenvalue weighted by Gasteiger charge is -2.32. The molecule has 1 aliphatic rings. The third kappa shape index (κ3) is 4.30. The summed E-state index contributed by atoms with van der Waals surface area (Å²) < 4.78 is 3.94. The van der Waals surface area contributed by atoms with Crippen LogP contribution in [0.15, 0.2) is 49.2 Å². The molecule has 0 aromatic carbocycles. The van der Waals surface area contributed by atoms with Crippen molar-refractivity contribution in [2.75, 3.05) is 13.1 Å². The van der Waals surface area contributed by atoms with E-state index in [1.807, 2.05) is 61.1 Å². The van der Waals surface area contributed by atoms with Crippen molar-refractivity contribution in [3.05, 3.63) is 66.3 Å². The quantitative estimate of drug-likeness (QED) is 0.660. The molecule has 7 nitrogen and oxygen atoms in total. The summed E-state index contributed by atoms with van der Waals surface area (Å²) in [4.78, 5) is 23.8. The number of amides is 1. The Hall–Kier alpha value is -2.96. The molecule has 0 spiro atoms. The van der Waals surface area contributed by atoms with Gasteiger partial charge in [0.05, 0.1) is 18.4 Å². The van der Waals surface area contributed by atoms with Gasteiger partial charge < -0.3 is 9.47 Å². The van der Waals surface area contributed by atoms with Crippen molar-refractivity contribution in [2.45, 2.75) is 38.1 Å². The third-order valence-corrected chi connectivity index (χ3v) is 5.33. The van der Waals surface area contributed by atoms with Crippen molar-refractivity contribution in [1.82, 2.24) is 29.2 Å². The predicted molar refractivity (Wildman–Crippen MR) is 106 cm³/mol. The SMILES string of the molecule is Cn1cc(CCC(=O)N2CCC[C@@H](c3nccn3Cc3ccccn3)C2)cn1. The third-order valence-electron chi connectivity index (χ3n) is 5.33. The summed E-state index contributed by atoms with van der Waals surface area (Å²) in [5.74, 6) is 1.54. The van der Waals surface area contributed by atoms with Crippen LogP contribution in [0.25, 0.3) is 0 Å². The van der Waals surface area contributed by atoms with Crippen LogP contribution < -0.4 is 0 Å². The summed E-state index contributed by atoms with van der Waals surface area (Å²) in [6, 6.07) is 5.95. The Morgan fingerprint density at radius 2 is 2.18 bits per heavy atom. The summed E-state index contributed by atoms with van der Waals surface area (Å²) in [5.41, 5.74) is 2.12. The topological polar surface area (TPSA) is 68.8 Å². The van der Waals surface area contributed by atoms with Crippen LogP contribution >= 0.6 is 0 Å². The smallest absolute Gasteiger partial charge is 0.222 e. The summed E-state index contributed by atoms with van der Waals surface area (Å²) in [6.45, 7) is 2.29. The molecule has 1 saturated heterocycles. The lowest BCUT2D eigenvalue weighted by atomic mass is 9.96. The highest BCUT2D eigenvalue weighted by molar-refractivity contribution is 5.76. The second kappa shape index (κ2) is 8.37. The molecule has 0 bridgehead atoms. The van der Waals surface area contributed by atoms with Crippen molar-refractivity contribution in [2.24, 2.45) is 7.05 Å². The van der Waals surface area contributed by atoms with Gasteiger partial charge in [0.25, 0.3) is 0 Å². The molecule has 1 fully saturated rings. The number of rotatable bonds is 6.